The maximum Gasteiger partial charge on any atom is 0.226 e. The van der Waals surface area contributed by atoms with E-state index in [-0.39, 0.29) is 0 Å². The summed E-state index contributed by atoms with van der Waals surface area (Å²) in [6, 6.07) is 20.4. The molecule has 1 aromatic heterocycles. The topological polar surface area (TPSA) is 35.3 Å². The molecule has 0 aliphatic rings. The van der Waals surface area contributed by atoms with Gasteiger partial charge in [0.05, 0.1) is 12.3 Å². The van der Waals surface area contributed by atoms with Crippen LogP contribution < -0.4 is 4.74 Å². The highest BCUT2D eigenvalue weighted by atomic mass is 16.5. The molecule has 1 radical (unpaired) electrons. The van der Waals surface area contributed by atoms with E-state index in [0.717, 1.165) is 17.0 Å². The lowest BCUT2D eigenvalue weighted by Gasteiger charge is -2.02. The number of benzene rings is 2. The largest absolute Gasteiger partial charge is 0.493 e. The van der Waals surface area contributed by atoms with Gasteiger partial charge in [0.15, 0.2) is 0 Å². The van der Waals surface area contributed by atoms with Crippen molar-refractivity contribution in [1.29, 1.82) is 0 Å². The third-order valence-electron chi connectivity index (χ3n) is 2.87. The van der Waals surface area contributed by atoms with Crippen LogP contribution in [0.5, 0.6) is 5.75 Å². The number of nitrogens with zero attached hydrogens (tertiary/aromatic N) is 1. The molecule has 0 aliphatic carbocycles. The van der Waals surface area contributed by atoms with Crippen LogP contribution >= 0.6 is 0 Å². The summed E-state index contributed by atoms with van der Waals surface area (Å²) in [5.41, 5.74) is 1.87. The average Bonchev–Trinajstić information content (AvgIpc) is 2.98. The Morgan fingerprint density at radius 1 is 1.05 bits per heavy atom. The van der Waals surface area contributed by atoms with Gasteiger partial charge >= 0.3 is 0 Å². The molecule has 3 rings (SSSR count). The predicted octanol–water partition coefficient (Wildman–Crippen LogP) is 3.76. The Hall–Kier alpha value is -2.55. The normalized spacial score (nSPS) is 10.4. The molecule has 0 unspecified atom stereocenters. The summed E-state index contributed by atoms with van der Waals surface area (Å²) in [6.45, 7) is 0.557. The quantitative estimate of drug-likeness (QED) is 0.703. The standard InChI is InChI=1S/C17H14NO2/c1-3-7-14(8-4-1)17-18-15(13-20-17)11-12-19-16-9-5-2-6-10-16/h1-9,13H,11-12H2. The molecule has 0 N–H and O–H groups in total. The minimum Gasteiger partial charge on any atom is -0.493 e. The van der Waals surface area contributed by atoms with E-state index >= 15 is 0 Å². The molecule has 0 saturated carbocycles. The maximum atomic E-state index is 5.59. The van der Waals surface area contributed by atoms with Gasteiger partial charge in [-0.3, -0.25) is 0 Å². The third kappa shape index (κ3) is 3.06. The van der Waals surface area contributed by atoms with E-state index in [2.05, 4.69) is 11.1 Å². The van der Waals surface area contributed by atoms with Crippen LogP contribution in [0.25, 0.3) is 11.5 Å². The third-order valence-corrected chi connectivity index (χ3v) is 2.87. The monoisotopic (exact) mass is 264 g/mol. The average molecular weight is 264 g/mol. The number of rotatable bonds is 5. The van der Waals surface area contributed by atoms with Gasteiger partial charge in [0.2, 0.25) is 5.89 Å². The zero-order valence-corrected chi connectivity index (χ0v) is 11.0. The minimum absolute atomic E-state index is 0.557. The molecule has 2 aromatic carbocycles. The molecule has 3 aromatic rings. The molecule has 0 fully saturated rings. The van der Waals surface area contributed by atoms with Crippen LogP contribution in [0.4, 0.5) is 0 Å². The molecule has 20 heavy (non-hydrogen) atoms. The summed E-state index contributed by atoms with van der Waals surface area (Å²) in [5, 5.41) is 0. The van der Waals surface area contributed by atoms with E-state index in [0.29, 0.717) is 18.9 Å². The van der Waals surface area contributed by atoms with Crippen LogP contribution in [0.1, 0.15) is 5.69 Å². The lowest BCUT2D eigenvalue weighted by atomic mass is 10.2. The molecule has 0 atom stereocenters. The predicted molar refractivity (Wildman–Crippen MR) is 76.4 cm³/mol. The first-order valence-corrected chi connectivity index (χ1v) is 6.51. The summed E-state index contributed by atoms with van der Waals surface area (Å²) >= 11 is 0. The maximum absolute atomic E-state index is 5.59. The van der Waals surface area contributed by atoms with Crippen LogP contribution in [0.15, 0.2) is 65.3 Å². The van der Waals surface area contributed by atoms with Crippen molar-refractivity contribution in [1.82, 2.24) is 4.98 Å². The Balaban J connectivity index is 1.58. The molecule has 3 heteroatoms. The van der Waals surface area contributed by atoms with Crippen molar-refractivity contribution in [2.24, 2.45) is 0 Å². The molecule has 3 nitrogen and oxygen atoms in total. The zero-order valence-electron chi connectivity index (χ0n) is 11.0. The second-order valence-electron chi connectivity index (χ2n) is 4.34. The Bertz CT molecular complexity index is 647. The van der Waals surface area contributed by atoms with E-state index in [9.17, 15) is 0 Å². The molecule has 0 aliphatic heterocycles. The summed E-state index contributed by atoms with van der Waals surface area (Å²) < 4.78 is 11.1. The van der Waals surface area contributed by atoms with Gasteiger partial charge in [-0.05, 0) is 18.2 Å². The van der Waals surface area contributed by atoms with Gasteiger partial charge in [-0.25, -0.2) is 4.98 Å². The number of hydrogen-bond acceptors (Lipinski definition) is 3. The number of aromatic nitrogens is 1. The van der Waals surface area contributed by atoms with Gasteiger partial charge < -0.3 is 9.15 Å². The van der Waals surface area contributed by atoms with E-state index in [1.807, 2.05) is 54.6 Å². The van der Waals surface area contributed by atoms with Gasteiger partial charge in [-0.15, -0.1) is 0 Å². The molecule has 0 spiro atoms. The minimum atomic E-state index is 0.557. The first kappa shape index (κ1) is 12.5. The molecule has 1 heterocycles. The number of oxazole rings is 1. The SMILES string of the molecule is [c]1ccccc1OCCc1coc(-c2ccccc2)n1. The second-order valence-corrected chi connectivity index (χ2v) is 4.34. The molecular weight excluding hydrogens is 250 g/mol. The highest BCUT2D eigenvalue weighted by molar-refractivity contribution is 5.52. The van der Waals surface area contributed by atoms with Crippen LogP contribution in [0, 0.1) is 6.07 Å². The zero-order chi connectivity index (χ0) is 13.6. The smallest absolute Gasteiger partial charge is 0.226 e. The first-order chi connectivity index (χ1) is 9.92. The Morgan fingerprint density at radius 3 is 2.70 bits per heavy atom. The van der Waals surface area contributed by atoms with Gasteiger partial charge in [0, 0.05) is 18.1 Å². The number of ether oxygens (including phenoxy) is 1. The molecular formula is C17H14NO2. The van der Waals surface area contributed by atoms with Crippen LogP contribution in [0.2, 0.25) is 0 Å². The summed E-state index contributed by atoms with van der Waals surface area (Å²) in [6.07, 6.45) is 2.39. The highest BCUT2D eigenvalue weighted by Gasteiger charge is 2.06. The lowest BCUT2D eigenvalue weighted by molar-refractivity contribution is 0.319. The van der Waals surface area contributed by atoms with Crippen LogP contribution in [0.3, 0.4) is 0 Å². The summed E-state index contributed by atoms with van der Waals surface area (Å²) in [4.78, 5) is 4.45. The van der Waals surface area contributed by atoms with Gasteiger partial charge in [0.1, 0.15) is 12.0 Å². The second kappa shape index (κ2) is 6.06. The molecule has 0 amide bonds. The molecule has 0 saturated heterocycles. The molecule has 99 valence electrons. The fraction of sp³-hybridized carbons (Fsp3) is 0.118. The molecule has 0 bridgehead atoms. The first-order valence-electron chi connectivity index (χ1n) is 6.51. The number of para-hydroxylation sites is 1. The van der Waals surface area contributed by atoms with E-state index in [4.69, 9.17) is 9.15 Å². The van der Waals surface area contributed by atoms with Gasteiger partial charge in [-0.1, -0.05) is 36.4 Å². The van der Waals surface area contributed by atoms with Crippen LogP contribution in [-0.4, -0.2) is 11.6 Å². The van der Waals surface area contributed by atoms with Crippen LogP contribution in [-0.2, 0) is 6.42 Å². The Morgan fingerprint density at radius 2 is 1.90 bits per heavy atom. The number of hydrogen-bond donors (Lipinski definition) is 0. The highest BCUT2D eigenvalue weighted by Crippen LogP contribution is 2.18. The summed E-state index contributed by atoms with van der Waals surface area (Å²) in [5.74, 6) is 1.39. The van der Waals surface area contributed by atoms with E-state index in [1.54, 1.807) is 6.26 Å². The van der Waals surface area contributed by atoms with E-state index in [1.165, 1.54) is 0 Å². The Kier molecular flexibility index (Phi) is 3.78. The van der Waals surface area contributed by atoms with Crippen molar-refractivity contribution in [3.8, 4) is 17.2 Å². The van der Waals surface area contributed by atoms with E-state index < -0.39 is 0 Å². The van der Waals surface area contributed by atoms with Crippen molar-refractivity contribution in [2.75, 3.05) is 6.61 Å². The Labute approximate surface area is 117 Å². The van der Waals surface area contributed by atoms with Crippen molar-refractivity contribution in [3.63, 3.8) is 0 Å². The van der Waals surface area contributed by atoms with Crippen molar-refractivity contribution >= 4 is 0 Å². The lowest BCUT2D eigenvalue weighted by Crippen LogP contribution is -2.01. The fourth-order valence-corrected chi connectivity index (χ4v) is 1.87. The summed E-state index contributed by atoms with van der Waals surface area (Å²) in [7, 11) is 0. The van der Waals surface area contributed by atoms with Crippen molar-refractivity contribution in [3.05, 3.63) is 72.6 Å². The van der Waals surface area contributed by atoms with Crippen molar-refractivity contribution in [2.45, 2.75) is 6.42 Å². The van der Waals surface area contributed by atoms with Gasteiger partial charge in [0.25, 0.3) is 0 Å². The van der Waals surface area contributed by atoms with Crippen molar-refractivity contribution < 1.29 is 9.15 Å². The fourth-order valence-electron chi connectivity index (χ4n) is 1.87. The van der Waals surface area contributed by atoms with Gasteiger partial charge in [-0.2, -0.15) is 0 Å².